The van der Waals surface area contributed by atoms with E-state index in [1.165, 1.54) is 12.1 Å². The first-order valence-corrected chi connectivity index (χ1v) is 11.3. The zero-order valence-corrected chi connectivity index (χ0v) is 19.5. The number of carbonyl (C=O) groups is 1. The Morgan fingerprint density at radius 3 is 2.47 bits per heavy atom. The highest BCUT2D eigenvalue weighted by Gasteiger charge is 2.32. The van der Waals surface area contributed by atoms with Crippen molar-refractivity contribution < 1.29 is 18.0 Å². The van der Waals surface area contributed by atoms with Crippen LogP contribution in [0.4, 0.5) is 19.0 Å². The average molecular weight is 496 g/mol. The molecule has 36 heavy (non-hydrogen) atoms. The molecular weight excluding hydrogens is 473 g/mol. The van der Waals surface area contributed by atoms with Gasteiger partial charge in [0.25, 0.3) is 5.91 Å². The number of benzene rings is 2. The third-order valence-corrected chi connectivity index (χ3v) is 6.23. The number of H-pyrrole nitrogens is 1. The van der Waals surface area contributed by atoms with E-state index >= 15 is 0 Å². The number of fused-ring (bicyclic) bond motifs is 1. The third-order valence-electron chi connectivity index (χ3n) is 6.23. The van der Waals surface area contributed by atoms with Crippen LogP contribution in [0.2, 0.25) is 0 Å². The summed E-state index contributed by atoms with van der Waals surface area (Å²) in [6.07, 6.45) is -4.38. The average Bonchev–Trinajstić information content (AvgIpc) is 3.57. The predicted molar refractivity (Wildman–Crippen MR) is 125 cm³/mol. The van der Waals surface area contributed by atoms with Gasteiger partial charge in [0.2, 0.25) is 5.82 Å². The Labute approximate surface area is 204 Å². The van der Waals surface area contributed by atoms with Crippen LogP contribution < -0.4 is 10.2 Å². The second kappa shape index (κ2) is 9.10. The number of amides is 1. The lowest BCUT2D eigenvalue weighted by atomic mass is 10.1. The summed E-state index contributed by atoms with van der Waals surface area (Å²) >= 11 is 0. The van der Waals surface area contributed by atoms with Crippen molar-refractivity contribution in [2.24, 2.45) is 0 Å². The van der Waals surface area contributed by atoms with Gasteiger partial charge in [0.15, 0.2) is 0 Å². The molecule has 12 heteroatoms. The van der Waals surface area contributed by atoms with E-state index in [-0.39, 0.29) is 11.9 Å². The van der Waals surface area contributed by atoms with Gasteiger partial charge in [-0.2, -0.15) is 23.5 Å². The highest BCUT2D eigenvalue weighted by atomic mass is 19.4. The fraction of sp³-hybridized carbons (Fsp3) is 0.292. The number of aromatic nitrogens is 6. The van der Waals surface area contributed by atoms with Crippen molar-refractivity contribution in [2.45, 2.75) is 39.2 Å². The van der Waals surface area contributed by atoms with Gasteiger partial charge >= 0.3 is 6.18 Å². The van der Waals surface area contributed by atoms with E-state index in [4.69, 9.17) is 0 Å². The first-order valence-electron chi connectivity index (χ1n) is 11.3. The summed E-state index contributed by atoms with van der Waals surface area (Å²) in [6, 6.07) is 12.3. The molecule has 0 spiro atoms. The summed E-state index contributed by atoms with van der Waals surface area (Å²) in [5, 5.41) is 21.4. The van der Waals surface area contributed by atoms with Crippen molar-refractivity contribution in [3.05, 3.63) is 76.5 Å². The maximum Gasteiger partial charge on any atom is 0.416 e. The van der Waals surface area contributed by atoms with Crippen LogP contribution in [0.25, 0.3) is 11.4 Å². The Morgan fingerprint density at radius 1 is 1.11 bits per heavy atom. The number of nitrogens with zero attached hydrogens (tertiary/aromatic N) is 6. The molecule has 0 saturated heterocycles. The SMILES string of the molecule is Cc1nn2c(c1C(=O)N[C@@H](C)c1ccc(-c3nn[nH]n3)cc1)N(Cc1ccc(C(F)(F)F)cc1)CC2. The number of hydrogen-bond donors (Lipinski definition) is 2. The van der Waals surface area contributed by atoms with Gasteiger partial charge in [-0.1, -0.05) is 36.4 Å². The van der Waals surface area contributed by atoms with Gasteiger partial charge in [-0.15, -0.1) is 10.2 Å². The molecule has 0 saturated carbocycles. The summed E-state index contributed by atoms with van der Waals surface area (Å²) in [5.74, 6) is 0.893. The molecule has 2 aromatic heterocycles. The highest BCUT2D eigenvalue weighted by molar-refractivity contribution is 6.00. The minimum Gasteiger partial charge on any atom is -0.350 e. The van der Waals surface area contributed by atoms with E-state index < -0.39 is 11.7 Å². The molecule has 1 aliphatic rings. The maximum atomic E-state index is 13.3. The zero-order valence-electron chi connectivity index (χ0n) is 19.5. The minimum absolute atomic E-state index is 0.261. The summed E-state index contributed by atoms with van der Waals surface area (Å²) in [4.78, 5) is 15.3. The van der Waals surface area contributed by atoms with Crippen molar-refractivity contribution in [1.29, 1.82) is 0 Å². The fourth-order valence-electron chi connectivity index (χ4n) is 4.36. The van der Waals surface area contributed by atoms with Gasteiger partial charge < -0.3 is 10.2 Å². The van der Waals surface area contributed by atoms with Crippen LogP contribution >= 0.6 is 0 Å². The molecule has 9 nitrogen and oxygen atoms in total. The maximum absolute atomic E-state index is 13.3. The number of hydrogen-bond acceptors (Lipinski definition) is 6. The Kier molecular flexibility index (Phi) is 5.94. The number of aromatic amines is 1. The molecular formula is C24H23F3N8O. The van der Waals surface area contributed by atoms with Gasteiger partial charge in [-0.3, -0.25) is 4.79 Å². The second-order valence-electron chi connectivity index (χ2n) is 8.68. The smallest absolute Gasteiger partial charge is 0.350 e. The lowest BCUT2D eigenvalue weighted by Crippen LogP contribution is -2.29. The van der Waals surface area contributed by atoms with Crippen LogP contribution in [0.3, 0.4) is 0 Å². The largest absolute Gasteiger partial charge is 0.416 e. The Hall–Kier alpha value is -4.22. The Balaban J connectivity index is 1.32. The predicted octanol–water partition coefficient (Wildman–Crippen LogP) is 3.90. The number of rotatable bonds is 6. The summed E-state index contributed by atoms with van der Waals surface area (Å²) in [6.45, 7) is 5.24. The van der Waals surface area contributed by atoms with Crippen LogP contribution in [0.1, 0.15) is 45.7 Å². The van der Waals surface area contributed by atoms with Crippen molar-refractivity contribution in [3.8, 4) is 11.4 Å². The Morgan fingerprint density at radius 2 is 1.83 bits per heavy atom. The van der Waals surface area contributed by atoms with Crippen LogP contribution in [0.15, 0.2) is 48.5 Å². The molecule has 2 aromatic carbocycles. The normalized spacial score (nSPS) is 14.1. The van der Waals surface area contributed by atoms with Gasteiger partial charge in [-0.05, 0) is 42.3 Å². The first-order chi connectivity index (χ1) is 17.2. The minimum atomic E-state index is -4.38. The first kappa shape index (κ1) is 23.5. The number of tetrazole rings is 1. The molecule has 5 rings (SSSR count). The van der Waals surface area contributed by atoms with E-state index in [2.05, 4.69) is 31.0 Å². The molecule has 0 unspecified atom stereocenters. The molecule has 0 radical (unpaired) electrons. The van der Waals surface area contributed by atoms with E-state index in [1.54, 1.807) is 11.6 Å². The molecule has 186 valence electrons. The quantitative estimate of drug-likeness (QED) is 0.420. The number of halogens is 3. The number of carbonyl (C=O) groups excluding carboxylic acids is 1. The van der Waals surface area contributed by atoms with E-state index in [0.29, 0.717) is 42.5 Å². The van der Waals surface area contributed by atoms with Crippen LogP contribution in [0.5, 0.6) is 0 Å². The Bertz CT molecular complexity index is 1360. The summed E-state index contributed by atoms with van der Waals surface area (Å²) in [7, 11) is 0. The number of alkyl halides is 3. The zero-order chi connectivity index (χ0) is 25.4. The second-order valence-corrected chi connectivity index (χ2v) is 8.68. The molecule has 1 atom stereocenters. The van der Waals surface area contributed by atoms with E-state index in [0.717, 1.165) is 28.8 Å². The number of nitrogens with one attached hydrogen (secondary N) is 2. The molecule has 0 aliphatic carbocycles. The summed E-state index contributed by atoms with van der Waals surface area (Å²) in [5.41, 5.74) is 2.80. The standard InChI is InChI=1S/C24H23F3N8O/c1-14(17-5-7-18(8-6-17)21-29-32-33-30-21)28-22(36)20-15(2)31-35-12-11-34(23(20)35)13-16-3-9-19(10-4-16)24(25,26)27/h3-10,14H,11-13H2,1-2H3,(H,28,36)(H,29,30,32,33)/t14-/m0/s1. The molecule has 4 aromatic rings. The van der Waals surface area contributed by atoms with E-state index in [9.17, 15) is 18.0 Å². The molecule has 0 bridgehead atoms. The van der Waals surface area contributed by atoms with Gasteiger partial charge in [0.1, 0.15) is 11.4 Å². The highest BCUT2D eigenvalue weighted by Crippen LogP contribution is 2.32. The fourth-order valence-corrected chi connectivity index (χ4v) is 4.36. The monoisotopic (exact) mass is 496 g/mol. The van der Waals surface area contributed by atoms with Crippen molar-refractivity contribution >= 4 is 11.7 Å². The topological polar surface area (TPSA) is 105 Å². The lowest BCUT2D eigenvalue weighted by molar-refractivity contribution is -0.137. The van der Waals surface area contributed by atoms with Gasteiger partial charge in [0, 0.05) is 18.7 Å². The van der Waals surface area contributed by atoms with Crippen molar-refractivity contribution in [1.82, 2.24) is 35.7 Å². The van der Waals surface area contributed by atoms with Crippen LogP contribution in [-0.2, 0) is 19.3 Å². The van der Waals surface area contributed by atoms with Crippen LogP contribution in [-0.4, -0.2) is 42.9 Å². The molecule has 2 N–H and O–H groups in total. The van der Waals surface area contributed by atoms with Gasteiger partial charge in [-0.25, -0.2) is 4.68 Å². The van der Waals surface area contributed by atoms with E-state index in [1.807, 2.05) is 36.1 Å². The van der Waals surface area contributed by atoms with Gasteiger partial charge in [0.05, 0.1) is 23.8 Å². The molecule has 0 fully saturated rings. The van der Waals surface area contributed by atoms with Crippen LogP contribution in [0, 0.1) is 6.92 Å². The molecule has 1 aliphatic heterocycles. The number of anilines is 1. The number of aryl methyl sites for hydroxylation is 1. The lowest BCUT2D eigenvalue weighted by Gasteiger charge is -2.20. The van der Waals surface area contributed by atoms with Crippen molar-refractivity contribution in [3.63, 3.8) is 0 Å². The molecule has 3 heterocycles. The third kappa shape index (κ3) is 4.53. The van der Waals surface area contributed by atoms with Crippen molar-refractivity contribution in [2.75, 3.05) is 11.4 Å². The molecule has 1 amide bonds. The summed E-state index contributed by atoms with van der Waals surface area (Å²) < 4.78 is 40.5.